The monoisotopic (exact) mass is 281 g/mol. The summed E-state index contributed by atoms with van der Waals surface area (Å²) < 4.78 is 23.0. The lowest BCUT2D eigenvalue weighted by Gasteiger charge is -2.21. The molecule has 1 aromatic rings. The topological polar surface area (TPSA) is 59.3 Å². The summed E-state index contributed by atoms with van der Waals surface area (Å²) in [4.78, 5) is 0. The molecular formula is C14H20NO3P. The molecule has 0 aliphatic heterocycles. The molecule has 0 saturated carbocycles. The minimum atomic E-state index is -3.37. The lowest BCUT2D eigenvalue weighted by Crippen LogP contribution is -2.14. The van der Waals surface area contributed by atoms with Gasteiger partial charge in [-0.05, 0) is 32.8 Å². The summed E-state index contributed by atoms with van der Waals surface area (Å²) in [7, 11) is -3.37. The molecular weight excluding hydrogens is 261 g/mol. The summed E-state index contributed by atoms with van der Waals surface area (Å²) >= 11 is 0. The van der Waals surface area contributed by atoms with E-state index in [-0.39, 0.29) is 13.2 Å². The molecule has 1 rings (SSSR count). The molecule has 1 aromatic carbocycles. The molecule has 0 aliphatic carbocycles. The lowest BCUT2D eigenvalue weighted by molar-refractivity contribution is 0.216. The highest BCUT2D eigenvalue weighted by atomic mass is 31.2. The van der Waals surface area contributed by atoms with Gasteiger partial charge in [0.15, 0.2) is 5.66 Å². The fourth-order valence-corrected chi connectivity index (χ4v) is 3.48. The number of benzene rings is 1. The first-order valence-electron chi connectivity index (χ1n) is 6.39. The number of rotatable bonds is 7. The Labute approximate surface area is 114 Å². The van der Waals surface area contributed by atoms with E-state index in [0.29, 0.717) is 6.42 Å². The van der Waals surface area contributed by atoms with Crippen molar-refractivity contribution in [3.63, 3.8) is 0 Å². The molecule has 0 amide bonds. The Balaban J connectivity index is 2.89. The fraction of sp³-hybridized carbons (Fsp3) is 0.500. The summed E-state index contributed by atoms with van der Waals surface area (Å²) in [5.41, 5.74) is 1.34. The van der Waals surface area contributed by atoms with Crippen LogP contribution >= 0.6 is 7.60 Å². The maximum absolute atomic E-state index is 12.5. The van der Waals surface area contributed by atoms with Crippen LogP contribution in [0.25, 0.3) is 0 Å². The van der Waals surface area contributed by atoms with Gasteiger partial charge in [0, 0.05) is 0 Å². The first-order chi connectivity index (χ1) is 9.05. The summed E-state index contributed by atoms with van der Waals surface area (Å²) in [6, 6.07) is 9.86. The third-order valence-electron chi connectivity index (χ3n) is 2.70. The molecule has 0 aliphatic rings. The number of hydrogen-bond acceptors (Lipinski definition) is 4. The third-order valence-corrected chi connectivity index (χ3v) is 5.00. The van der Waals surface area contributed by atoms with E-state index in [1.807, 2.05) is 31.2 Å². The molecule has 5 heteroatoms. The van der Waals surface area contributed by atoms with Gasteiger partial charge in [0.05, 0.1) is 19.3 Å². The van der Waals surface area contributed by atoms with E-state index in [4.69, 9.17) is 9.05 Å². The molecule has 1 unspecified atom stereocenters. The smallest absolute Gasteiger partial charge is 0.308 e. The Hall–Kier alpha value is -1.14. The number of nitriles is 1. The Morgan fingerprint density at radius 2 is 1.74 bits per heavy atom. The van der Waals surface area contributed by atoms with Gasteiger partial charge in [0.1, 0.15) is 0 Å². The predicted octanol–water partition coefficient (Wildman–Crippen LogP) is 3.70. The summed E-state index contributed by atoms with van der Waals surface area (Å²) in [6.07, 6.45) is 0.369. The van der Waals surface area contributed by atoms with Crippen LogP contribution in [0.5, 0.6) is 0 Å². The van der Waals surface area contributed by atoms with Crippen molar-refractivity contribution < 1.29 is 13.6 Å². The van der Waals surface area contributed by atoms with E-state index >= 15 is 0 Å². The summed E-state index contributed by atoms with van der Waals surface area (Å²) in [6.45, 7) is 6.02. The highest BCUT2D eigenvalue weighted by Gasteiger charge is 2.35. The van der Waals surface area contributed by atoms with Gasteiger partial charge in [-0.1, -0.05) is 29.8 Å². The van der Waals surface area contributed by atoms with Crippen molar-refractivity contribution in [2.45, 2.75) is 32.9 Å². The fourth-order valence-electron chi connectivity index (χ4n) is 1.75. The van der Waals surface area contributed by atoms with E-state index in [9.17, 15) is 9.83 Å². The highest BCUT2D eigenvalue weighted by Crippen LogP contribution is 2.53. The van der Waals surface area contributed by atoms with Crippen molar-refractivity contribution in [3.8, 4) is 6.07 Å². The molecule has 0 heterocycles. The Kier molecular flexibility index (Phi) is 6.24. The standard InChI is InChI=1S/C14H20NO3P/c1-4-17-19(16,18-5-2)14(11-15)10-13-8-6-12(3)7-9-13/h6-9,14H,4-5,10H2,1-3H3. The second-order valence-electron chi connectivity index (χ2n) is 4.21. The number of hydrogen-bond donors (Lipinski definition) is 0. The molecule has 0 saturated heterocycles. The van der Waals surface area contributed by atoms with Crippen LogP contribution in [0, 0.1) is 18.3 Å². The average molecular weight is 281 g/mol. The molecule has 0 bridgehead atoms. The molecule has 0 N–H and O–H groups in total. The number of nitrogens with zero attached hydrogens (tertiary/aromatic N) is 1. The van der Waals surface area contributed by atoms with Crippen LogP contribution in [0.4, 0.5) is 0 Å². The second kappa shape index (κ2) is 7.45. The Morgan fingerprint density at radius 1 is 1.21 bits per heavy atom. The zero-order valence-electron chi connectivity index (χ0n) is 11.6. The van der Waals surface area contributed by atoms with E-state index in [1.54, 1.807) is 13.8 Å². The predicted molar refractivity (Wildman–Crippen MR) is 75.1 cm³/mol. The zero-order chi connectivity index (χ0) is 14.3. The summed E-state index contributed by atoms with van der Waals surface area (Å²) in [5.74, 6) is 0. The molecule has 0 aromatic heterocycles. The molecule has 1 atom stereocenters. The quantitative estimate of drug-likeness (QED) is 0.715. The maximum Gasteiger partial charge on any atom is 0.348 e. The first kappa shape index (κ1) is 15.9. The van der Waals surface area contributed by atoms with Crippen LogP contribution in [0.3, 0.4) is 0 Å². The second-order valence-corrected chi connectivity index (χ2v) is 6.43. The van der Waals surface area contributed by atoms with E-state index in [0.717, 1.165) is 11.1 Å². The molecule has 0 spiro atoms. The van der Waals surface area contributed by atoms with Gasteiger partial charge in [-0.15, -0.1) is 0 Å². The van der Waals surface area contributed by atoms with Crippen molar-refractivity contribution in [2.24, 2.45) is 0 Å². The molecule has 4 nitrogen and oxygen atoms in total. The normalized spacial score (nSPS) is 12.9. The van der Waals surface area contributed by atoms with Crippen LogP contribution < -0.4 is 0 Å². The van der Waals surface area contributed by atoms with Gasteiger partial charge in [-0.3, -0.25) is 4.57 Å². The van der Waals surface area contributed by atoms with Crippen LogP contribution in [-0.2, 0) is 20.0 Å². The Bertz CT molecular complexity index is 468. The van der Waals surface area contributed by atoms with Crippen LogP contribution in [0.1, 0.15) is 25.0 Å². The van der Waals surface area contributed by atoms with E-state index < -0.39 is 13.3 Å². The maximum atomic E-state index is 12.5. The highest BCUT2D eigenvalue weighted by molar-refractivity contribution is 7.55. The molecule has 0 fully saturated rings. The summed E-state index contributed by atoms with van der Waals surface area (Å²) in [5, 5.41) is 9.25. The van der Waals surface area contributed by atoms with Gasteiger partial charge in [-0.2, -0.15) is 5.26 Å². The van der Waals surface area contributed by atoms with Crippen LogP contribution in [0.15, 0.2) is 24.3 Å². The molecule has 0 radical (unpaired) electrons. The van der Waals surface area contributed by atoms with Crippen molar-refractivity contribution in [1.29, 1.82) is 5.26 Å². The zero-order valence-corrected chi connectivity index (χ0v) is 12.5. The van der Waals surface area contributed by atoms with Gasteiger partial charge in [0.2, 0.25) is 0 Å². The number of aryl methyl sites for hydroxylation is 1. The van der Waals surface area contributed by atoms with Crippen molar-refractivity contribution in [3.05, 3.63) is 35.4 Å². The largest absolute Gasteiger partial charge is 0.348 e. The minimum absolute atomic E-state index is 0.267. The average Bonchev–Trinajstić information content (AvgIpc) is 2.38. The Morgan fingerprint density at radius 3 is 2.16 bits per heavy atom. The lowest BCUT2D eigenvalue weighted by atomic mass is 10.1. The van der Waals surface area contributed by atoms with Crippen molar-refractivity contribution >= 4 is 7.60 Å². The SMILES string of the molecule is CCOP(=O)(OCC)C(C#N)Cc1ccc(C)cc1. The van der Waals surface area contributed by atoms with Crippen LogP contribution in [0.2, 0.25) is 0 Å². The van der Waals surface area contributed by atoms with Crippen LogP contribution in [-0.4, -0.2) is 18.9 Å². The van der Waals surface area contributed by atoms with E-state index in [1.165, 1.54) is 0 Å². The molecule has 104 valence electrons. The van der Waals surface area contributed by atoms with Crippen molar-refractivity contribution in [2.75, 3.05) is 13.2 Å². The van der Waals surface area contributed by atoms with Gasteiger partial charge in [0.25, 0.3) is 0 Å². The minimum Gasteiger partial charge on any atom is -0.308 e. The van der Waals surface area contributed by atoms with Gasteiger partial charge in [-0.25, -0.2) is 0 Å². The van der Waals surface area contributed by atoms with Crippen molar-refractivity contribution in [1.82, 2.24) is 0 Å². The third kappa shape index (κ3) is 4.47. The molecule has 19 heavy (non-hydrogen) atoms. The van der Waals surface area contributed by atoms with Gasteiger partial charge < -0.3 is 9.05 Å². The van der Waals surface area contributed by atoms with E-state index in [2.05, 4.69) is 6.07 Å². The first-order valence-corrected chi connectivity index (χ1v) is 8.00. The van der Waals surface area contributed by atoms with Gasteiger partial charge >= 0.3 is 7.60 Å².